The molecule has 1 saturated heterocycles. The van der Waals surface area contributed by atoms with Crippen molar-refractivity contribution in [2.45, 2.75) is 70.5 Å². The molecule has 2 bridgehead atoms. The minimum atomic E-state index is -0.675. The van der Waals surface area contributed by atoms with Gasteiger partial charge in [0.25, 0.3) is 0 Å². The summed E-state index contributed by atoms with van der Waals surface area (Å²) in [5.41, 5.74) is 6.07. The number of hydrogen-bond donors (Lipinski definition) is 4. The van der Waals surface area contributed by atoms with Gasteiger partial charge in [-0.05, 0) is 72.1 Å². The Kier molecular flexibility index (Phi) is 10.1. The summed E-state index contributed by atoms with van der Waals surface area (Å²) in [7, 11) is 1.30. The van der Waals surface area contributed by atoms with Crippen LogP contribution in [0.2, 0.25) is 0 Å². The number of aromatic nitrogens is 5. The molecule has 6 atom stereocenters. The first-order chi connectivity index (χ1) is 26.3. The molecular formula is C41H46N8O4S. The Balaban J connectivity index is 0.920. The summed E-state index contributed by atoms with van der Waals surface area (Å²) in [6.07, 6.45) is 9.87. The molecule has 4 N–H and O–H groups in total. The summed E-state index contributed by atoms with van der Waals surface area (Å²) in [4.78, 5) is 61.6. The minimum absolute atomic E-state index is 0.0673. The van der Waals surface area contributed by atoms with Gasteiger partial charge in [-0.25, -0.2) is 19.7 Å². The first-order valence-electron chi connectivity index (χ1n) is 18.9. The summed E-state index contributed by atoms with van der Waals surface area (Å²) in [6.45, 7) is 4.90. The van der Waals surface area contributed by atoms with Crippen molar-refractivity contribution in [1.82, 2.24) is 40.5 Å². The number of methoxy groups -OCH3 is 1. The number of benzene rings is 2. The number of imidazole rings is 2. The number of thiazole rings is 1. The molecule has 2 aliphatic carbocycles. The Hall–Kier alpha value is -5.30. The standard InChI is InChI=1S/C41H46N8O4S/c1-23(2)36(48-41(52)53-3)40(51)49-17-4-5-32(49)37-43-20-30(46-37)26-10-6-24(7-11-26)25-8-12-27(13-9-25)31-21-44-38(47-31)34-28-14-15-29(19-28)35(34)39(50)45-22-33-42-16-18-54-33/h6-13,16,18,20-21,23,28-29,32,34-36H,4-5,14-15,17,19,22H2,1-3H3,(H,43,46)(H,44,47)(H,45,50)(H,48,52)/t28?,29?,32-,34+,35?,36-/m0/s1. The predicted octanol–water partition coefficient (Wildman–Crippen LogP) is 7.08. The van der Waals surface area contributed by atoms with E-state index in [0.717, 1.165) is 82.4 Å². The van der Waals surface area contributed by atoms with Crippen molar-refractivity contribution < 1.29 is 19.1 Å². The highest BCUT2D eigenvalue weighted by atomic mass is 32.1. The van der Waals surface area contributed by atoms with Crippen LogP contribution in [0.3, 0.4) is 0 Å². The van der Waals surface area contributed by atoms with E-state index in [1.807, 2.05) is 36.5 Å². The number of aromatic amines is 2. The van der Waals surface area contributed by atoms with Gasteiger partial charge < -0.3 is 30.2 Å². The SMILES string of the molecule is COC(=O)N[C@H](C(=O)N1CCC[C@H]1c1ncc(-c2ccc(-c3ccc(-c4cnc([C@@H]5C6CCC(C6)C5C(=O)NCc5nccs5)[nH]4)cc3)cc2)[nH]1)C(C)C. The molecule has 12 nitrogen and oxygen atoms in total. The normalized spacial score (nSPS) is 22.4. The smallest absolute Gasteiger partial charge is 0.407 e. The van der Waals surface area contributed by atoms with Gasteiger partial charge in [0.2, 0.25) is 11.8 Å². The van der Waals surface area contributed by atoms with Crippen LogP contribution in [0, 0.1) is 23.7 Å². The number of nitrogens with zero attached hydrogens (tertiary/aromatic N) is 4. The topological polar surface area (TPSA) is 158 Å². The Labute approximate surface area is 318 Å². The second-order valence-electron chi connectivity index (χ2n) is 15.1. The van der Waals surface area contributed by atoms with Gasteiger partial charge in [0.15, 0.2) is 0 Å². The van der Waals surface area contributed by atoms with Crippen LogP contribution in [0.5, 0.6) is 0 Å². The number of ether oxygens (including phenoxy) is 1. The fourth-order valence-electron chi connectivity index (χ4n) is 8.87. The summed E-state index contributed by atoms with van der Waals surface area (Å²) < 4.78 is 4.76. The van der Waals surface area contributed by atoms with Crippen LogP contribution in [0.4, 0.5) is 4.79 Å². The number of carbonyl (C=O) groups excluding carboxylic acids is 3. The van der Waals surface area contributed by atoms with Crippen molar-refractivity contribution in [2.24, 2.45) is 23.7 Å². The number of alkyl carbamates (subject to hydrolysis) is 1. The van der Waals surface area contributed by atoms with Gasteiger partial charge in [-0.15, -0.1) is 11.3 Å². The maximum atomic E-state index is 13.5. The number of H-pyrrole nitrogens is 2. The van der Waals surface area contributed by atoms with E-state index in [-0.39, 0.29) is 35.6 Å². The maximum Gasteiger partial charge on any atom is 0.407 e. The van der Waals surface area contributed by atoms with Crippen molar-refractivity contribution in [1.29, 1.82) is 0 Å². The van der Waals surface area contributed by atoms with E-state index < -0.39 is 12.1 Å². The minimum Gasteiger partial charge on any atom is -0.453 e. The highest BCUT2D eigenvalue weighted by Gasteiger charge is 2.52. The molecule has 2 aromatic carbocycles. The number of carbonyl (C=O) groups is 3. The highest BCUT2D eigenvalue weighted by molar-refractivity contribution is 7.09. The van der Waals surface area contributed by atoms with Gasteiger partial charge in [-0.1, -0.05) is 62.4 Å². The van der Waals surface area contributed by atoms with Crippen LogP contribution in [0.15, 0.2) is 72.5 Å². The molecule has 8 rings (SSSR count). The molecule has 54 heavy (non-hydrogen) atoms. The van der Waals surface area contributed by atoms with Crippen molar-refractivity contribution in [2.75, 3.05) is 13.7 Å². The highest BCUT2D eigenvalue weighted by Crippen LogP contribution is 2.56. The van der Waals surface area contributed by atoms with Crippen molar-refractivity contribution in [3.8, 4) is 33.6 Å². The molecule has 4 heterocycles. The largest absolute Gasteiger partial charge is 0.453 e. The third-order valence-corrected chi connectivity index (χ3v) is 12.4. The van der Waals surface area contributed by atoms with Crippen LogP contribution >= 0.6 is 11.3 Å². The lowest BCUT2D eigenvalue weighted by Gasteiger charge is -2.30. The molecule has 3 aliphatic rings. The van der Waals surface area contributed by atoms with Gasteiger partial charge in [-0.3, -0.25) is 9.59 Å². The zero-order chi connectivity index (χ0) is 37.3. The molecule has 3 unspecified atom stereocenters. The molecule has 280 valence electrons. The average molecular weight is 747 g/mol. The van der Waals surface area contributed by atoms with E-state index in [2.05, 4.69) is 79.1 Å². The van der Waals surface area contributed by atoms with E-state index >= 15 is 0 Å². The first kappa shape index (κ1) is 35.7. The molecule has 2 saturated carbocycles. The van der Waals surface area contributed by atoms with E-state index in [0.29, 0.717) is 24.9 Å². The first-order valence-corrected chi connectivity index (χ1v) is 19.8. The molecule has 3 amide bonds. The van der Waals surface area contributed by atoms with Gasteiger partial charge in [0.05, 0.1) is 49.4 Å². The third-order valence-electron chi connectivity index (χ3n) is 11.6. The van der Waals surface area contributed by atoms with Crippen LogP contribution in [0.25, 0.3) is 33.6 Å². The number of amides is 3. The predicted molar refractivity (Wildman–Crippen MR) is 206 cm³/mol. The van der Waals surface area contributed by atoms with Crippen LogP contribution in [-0.4, -0.2) is 67.4 Å². The zero-order valence-corrected chi connectivity index (χ0v) is 31.6. The monoisotopic (exact) mass is 746 g/mol. The Morgan fingerprint density at radius 3 is 2.13 bits per heavy atom. The van der Waals surface area contributed by atoms with Crippen LogP contribution < -0.4 is 10.6 Å². The van der Waals surface area contributed by atoms with Crippen LogP contribution in [-0.2, 0) is 20.9 Å². The fourth-order valence-corrected chi connectivity index (χ4v) is 9.42. The number of nitrogens with one attached hydrogen (secondary N) is 4. The molecule has 5 aromatic rings. The quantitative estimate of drug-likeness (QED) is 0.113. The summed E-state index contributed by atoms with van der Waals surface area (Å²) in [5.74, 6) is 2.46. The van der Waals surface area contributed by atoms with Gasteiger partial charge >= 0.3 is 6.09 Å². The fraction of sp³-hybridized carbons (Fsp3) is 0.415. The molecule has 3 aromatic heterocycles. The number of rotatable bonds is 11. The Morgan fingerprint density at radius 2 is 1.50 bits per heavy atom. The third kappa shape index (κ3) is 7.04. The molecule has 0 spiro atoms. The van der Waals surface area contributed by atoms with E-state index in [9.17, 15) is 14.4 Å². The van der Waals surface area contributed by atoms with Crippen LogP contribution in [0.1, 0.15) is 74.6 Å². The number of hydrogen-bond acceptors (Lipinski definition) is 8. The Morgan fingerprint density at radius 1 is 0.870 bits per heavy atom. The van der Waals surface area contributed by atoms with E-state index in [1.165, 1.54) is 7.11 Å². The zero-order valence-electron chi connectivity index (χ0n) is 30.7. The van der Waals surface area contributed by atoms with E-state index in [4.69, 9.17) is 9.72 Å². The average Bonchev–Trinajstić information content (AvgIpc) is 4.05. The van der Waals surface area contributed by atoms with E-state index in [1.54, 1.807) is 17.5 Å². The van der Waals surface area contributed by atoms with Crippen molar-refractivity contribution in [3.05, 3.63) is 89.2 Å². The molecular weight excluding hydrogens is 701 g/mol. The van der Waals surface area contributed by atoms with Gasteiger partial charge in [-0.2, -0.15) is 0 Å². The summed E-state index contributed by atoms with van der Waals surface area (Å²) in [6, 6.07) is 16.0. The second kappa shape index (κ2) is 15.2. The van der Waals surface area contributed by atoms with Gasteiger partial charge in [0.1, 0.15) is 22.7 Å². The number of likely N-dealkylation sites (tertiary alicyclic amines) is 1. The maximum absolute atomic E-state index is 13.5. The Bertz CT molecular complexity index is 2090. The summed E-state index contributed by atoms with van der Waals surface area (Å²) in [5, 5.41) is 8.71. The lowest BCUT2D eigenvalue weighted by molar-refractivity contribution is -0.135. The summed E-state index contributed by atoms with van der Waals surface area (Å²) >= 11 is 1.56. The van der Waals surface area contributed by atoms with Crippen molar-refractivity contribution >= 4 is 29.2 Å². The lowest BCUT2D eigenvalue weighted by atomic mass is 9.78. The lowest BCUT2D eigenvalue weighted by Crippen LogP contribution is -2.51. The molecule has 0 radical (unpaired) electrons. The molecule has 1 aliphatic heterocycles. The molecule has 13 heteroatoms. The van der Waals surface area contributed by atoms with Crippen molar-refractivity contribution in [3.63, 3.8) is 0 Å². The molecule has 3 fully saturated rings. The van der Waals surface area contributed by atoms with Gasteiger partial charge in [0, 0.05) is 24.0 Å². The second-order valence-corrected chi connectivity index (χ2v) is 16.1. The number of fused-ring (bicyclic) bond motifs is 2.